The van der Waals surface area contributed by atoms with E-state index in [1.165, 1.54) is 4.90 Å². The third kappa shape index (κ3) is 4.46. The minimum atomic E-state index is -0.424. The Labute approximate surface area is 193 Å². The molecule has 0 aliphatic carbocycles. The third-order valence-electron chi connectivity index (χ3n) is 5.23. The van der Waals surface area contributed by atoms with Crippen LogP contribution >= 0.6 is 0 Å². The Morgan fingerprint density at radius 2 is 1.58 bits per heavy atom. The number of nitrogens with zero attached hydrogens (tertiary/aromatic N) is 1. The molecule has 0 fully saturated rings. The number of para-hydroxylation sites is 1. The SMILES string of the molecule is COc1ccc(C)cc1NC1=C(c2ccc(OC(C)C)cc2)C(=O)N(c2ccccc2)C1=O. The van der Waals surface area contributed by atoms with Crippen molar-refractivity contribution < 1.29 is 19.1 Å². The zero-order valence-electron chi connectivity index (χ0n) is 19.1. The van der Waals surface area contributed by atoms with E-state index in [-0.39, 0.29) is 11.8 Å². The van der Waals surface area contributed by atoms with Crippen LogP contribution in [0.2, 0.25) is 0 Å². The summed E-state index contributed by atoms with van der Waals surface area (Å²) in [5, 5.41) is 3.19. The van der Waals surface area contributed by atoms with E-state index >= 15 is 0 Å². The zero-order chi connectivity index (χ0) is 23.5. The van der Waals surface area contributed by atoms with Gasteiger partial charge in [0.15, 0.2) is 0 Å². The Hall–Kier alpha value is -4.06. The maximum atomic E-state index is 13.5. The summed E-state index contributed by atoms with van der Waals surface area (Å²) in [5.41, 5.74) is 3.23. The van der Waals surface area contributed by atoms with Gasteiger partial charge in [0.05, 0.1) is 30.2 Å². The molecule has 3 aromatic carbocycles. The number of methoxy groups -OCH3 is 1. The Morgan fingerprint density at radius 1 is 0.879 bits per heavy atom. The fourth-order valence-electron chi connectivity index (χ4n) is 3.75. The van der Waals surface area contributed by atoms with Gasteiger partial charge < -0.3 is 14.8 Å². The maximum Gasteiger partial charge on any atom is 0.282 e. The van der Waals surface area contributed by atoms with Gasteiger partial charge in [-0.15, -0.1) is 0 Å². The van der Waals surface area contributed by atoms with Gasteiger partial charge in [0.2, 0.25) is 0 Å². The van der Waals surface area contributed by atoms with Crippen LogP contribution in [0.25, 0.3) is 5.57 Å². The first-order chi connectivity index (χ1) is 15.9. The number of carbonyl (C=O) groups excluding carboxylic acids is 2. The second-order valence-electron chi connectivity index (χ2n) is 8.05. The smallest absolute Gasteiger partial charge is 0.282 e. The maximum absolute atomic E-state index is 13.5. The van der Waals surface area contributed by atoms with Gasteiger partial charge in [-0.3, -0.25) is 9.59 Å². The van der Waals surface area contributed by atoms with Gasteiger partial charge in [0.25, 0.3) is 11.8 Å². The van der Waals surface area contributed by atoms with Crippen molar-refractivity contribution in [2.75, 3.05) is 17.3 Å². The number of amides is 2. The zero-order valence-corrected chi connectivity index (χ0v) is 19.1. The standard InChI is InChI=1S/C27H26N2O4/c1-17(2)33-21-13-11-19(12-14-21)24-25(28-22-16-18(3)10-15-23(22)32-4)27(31)29(26(24)30)20-8-6-5-7-9-20/h5-17,28H,1-4H3. The van der Waals surface area contributed by atoms with Crippen molar-refractivity contribution in [1.82, 2.24) is 0 Å². The number of carbonyl (C=O) groups is 2. The first kappa shape index (κ1) is 22.1. The summed E-state index contributed by atoms with van der Waals surface area (Å²) in [5.74, 6) is 0.456. The fraction of sp³-hybridized carbons (Fsp3) is 0.185. The van der Waals surface area contributed by atoms with Gasteiger partial charge in [-0.1, -0.05) is 36.4 Å². The van der Waals surface area contributed by atoms with Gasteiger partial charge in [-0.05, 0) is 68.3 Å². The van der Waals surface area contributed by atoms with Crippen LogP contribution in [-0.2, 0) is 9.59 Å². The Balaban J connectivity index is 1.81. The molecule has 3 aromatic rings. The number of nitrogens with one attached hydrogen (secondary N) is 1. The van der Waals surface area contributed by atoms with E-state index in [1.807, 2.05) is 45.0 Å². The molecule has 1 aliphatic heterocycles. The Morgan fingerprint density at radius 3 is 2.21 bits per heavy atom. The average Bonchev–Trinajstić information content (AvgIpc) is 3.04. The molecule has 0 saturated carbocycles. The minimum Gasteiger partial charge on any atom is -0.495 e. The molecular formula is C27H26N2O4. The number of hydrogen-bond donors (Lipinski definition) is 1. The first-order valence-electron chi connectivity index (χ1n) is 10.8. The van der Waals surface area contributed by atoms with Crippen LogP contribution in [0.3, 0.4) is 0 Å². The molecule has 0 saturated heterocycles. The summed E-state index contributed by atoms with van der Waals surface area (Å²) in [6, 6.07) is 21.7. The molecule has 0 radical (unpaired) electrons. The molecule has 6 nitrogen and oxygen atoms in total. The number of benzene rings is 3. The fourth-order valence-corrected chi connectivity index (χ4v) is 3.75. The van der Waals surface area contributed by atoms with Gasteiger partial charge >= 0.3 is 0 Å². The lowest BCUT2D eigenvalue weighted by Crippen LogP contribution is -2.32. The summed E-state index contributed by atoms with van der Waals surface area (Å²) in [6.45, 7) is 5.85. The summed E-state index contributed by atoms with van der Waals surface area (Å²) in [4.78, 5) is 28.3. The highest BCUT2D eigenvalue weighted by Crippen LogP contribution is 2.36. The molecule has 0 aromatic heterocycles. The van der Waals surface area contributed by atoms with E-state index in [0.29, 0.717) is 34.0 Å². The third-order valence-corrected chi connectivity index (χ3v) is 5.23. The largest absolute Gasteiger partial charge is 0.495 e. The molecule has 6 heteroatoms. The molecule has 168 valence electrons. The molecule has 2 amide bonds. The van der Waals surface area contributed by atoms with Crippen molar-refractivity contribution in [3.63, 3.8) is 0 Å². The molecule has 0 spiro atoms. The average molecular weight is 443 g/mol. The second kappa shape index (κ2) is 9.20. The van der Waals surface area contributed by atoms with Crippen LogP contribution in [0, 0.1) is 6.92 Å². The van der Waals surface area contributed by atoms with Crippen LogP contribution in [0.5, 0.6) is 11.5 Å². The molecule has 0 atom stereocenters. The van der Waals surface area contributed by atoms with Crippen LogP contribution in [0.15, 0.2) is 78.5 Å². The number of ether oxygens (including phenoxy) is 2. The number of rotatable bonds is 7. The quantitative estimate of drug-likeness (QED) is 0.510. The summed E-state index contributed by atoms with van der Waals surface area (Å²) in [6.07, 6.45) is 0.0318. The van der Waals surface area contributed by atoms with Crippen LogP contribution in [0.1, 0.15) is 25.0 Å². The second-order valence-corrected chi connectivity index (χ2v) is 8.05. The lowest BCUT2D eigenvalue weighted by atomic mass is 10.0. The molecule has 33 heavy (non-hydrogen) atoms. The molecule has 4 rings (SSSR count). The topological polar surface area (TPSA) is 67.9 Å². The molecular weight excluding hydrogens is 416 g/mol. The van der Waals surface area contributed by atoms with Crippen molar-refractivity contribution in [2.24, 2.45) is 0 Å². The number of anilines is 2. The molecule has 1 aliphatic rings. The van der Waals surface area contributed by atoms with Crippen molar-refractivity contribution in [2.45, 2.75) is 26.9 Å². The Bertz CT molecular complexity index is 1210. The van der Waals surface area contributed by atoms with Crippen LogP contribution in [0.4, 0.5) is 11.4 Å². The van der Waals surface area contributed by atoms with Crippen molar-refractivity contribution in [3.05, 3.63) is 89.6 Å². The van der Waals surface area contributed by atoms with E-state index in [2.05, 4.69) is 5.32 Å². The van der Waals surface area contributed by atoms with Gasteiger partial charge in [-0.25, -0.2) is 4.90 Å². The van der Waals surface area contributed by atoms with Gasteiger partial charge in [0, 0.05) is 0 Å². The monoisotopic (exact) mass is 442 g/mol. The number of hydrogen-bond acceptors (Lipinski definition) is 5. The molecule has 0 bridgehead atoms. The van der Waals surface area contributed by atoms with E-state index in [1.54, 1.807) is 55.6 Å². The first-order valence-corrected chi connectivity index (χ1v) is 10.8. The van der Waals surface area contributed by atoms with E-state index in [9.17, 15) is 9.59 Å². The van der Waals surface area contributed by atoms with Crippen molar-refractivity contribution in [3.8, 4) is 11.5 Å². The van der Waals surface area contributed by atoms with Gasteiger partial charge in [-0.2, -0.15) is 0 Å². The number of aryl methyl sites for hydroxylation is 1. The normalized spacial score (nSPS) is 13.7. The predicted molar refractivity (Wildman–Crippen MR) is 129 cm³/mol. The highest BCUT2D eigenvalue weighted by molar-refractivity contribution is 6.46. The summed E-state index contributed by atoms with van der Waals surface area (Å²) < 4.78 is 11.2. The molecule has 0 unspecified atom stereocenters. The summed E-state index contributed by atoms with van der Waals surface area (Å²) >= 11 is 0. The lowest BCUT2D eigenvalue weighted by Gasteiger charge is -2.16. The molecule has 1 heterocycles. The van der Waals surface area contributed by atoms with Crippen LogP contribution < -0.4 is 19.7 Å². The van der Waals surface area contributed by atoms with E-state index in [4.69, 9.17) is 9.47 Å². The van der Waals surface area contributed by atoms with Crippen molar-refractivity contribution in [1.29, 1.82) is 0 Å². The lowest BCUT2D eigenvalue weighted by molar-refractivity contribution is -0.120. The van der Waals surface area contributed by atoms with E-state index < -0.39 is 11.8 Å². The highest BCUT2D eigenvalue weighted by atomic mass is 16.5. The van der Waals surface area contributed by atoms with Crippen LogP contribution in [-0.4, -0.2) is 25.0 Å². The number of imide groups is 1. The molecule has 1 N–H and O–H groups in total. The predicted octanol–water partition coefficient (Wildman–Crippen LogP) is 5.19. The highest BCUT2D eigenvalue weighted by Gasteiger charge is 2.40. The Kier molecular flexibility index (Phi) is 6.18. The summed E-state index contributed by atoms with van der Waals surface area (Å²) in [7, 11) is 1.57. The van der Waals surface area contributed by atoms with Gasteiger partial charge in [0.1, 0.15) is 17.2 Å². The minimum absolute atomic E-state index is 0.0318. The van der Waals surface area contributed by atoms with Crippen molar-refractivity contribution >= 4 is 28.8 Å². The van der Waals surface area contributed by atoms with E-state index in [0.717, 1.165) is 5.56 Å².